The summed E-state index contributed by atoms with van der Waals surface area (Å²) in [4.78, 5) is 0. The monoisotopic (exact) mass is 184 g/mol. The SMILES string of the molecule is CCC(C)Nc1nnc(C(C)N)o1. The molecule has 1 heterocycles. The van der Waals surface area contributed by atoms with Gasteiger partial charge in [-0.3, -0.25) is 0 Å². The van der Waals surface area contributed by atoms with Gasteiger partial charge in [-0.05, 0) is 20.3 Å². The maximum absolute atomic E-state index is 5.57. The third-order valence-corrected chi connectivity index (χ3v) is 1.81. The summed E-state index contributed by atoms with van der Waals surface area (Å²) in [7, 11) is 0. The van der Waals surface area contributed by atoms with Crippen molar-refractivity contribution in [1.82, 2.24) is 10.2 Å². The van der Waals surface area contributed by atoms with Crippen LogP contribution >= 0.6 is 0 Å². The number of nitrogens with two attached hydrogens (primary N) is 1. The van der Waals surface area contributed by atoms with Gasteiger partial charge in [0, 0.05) is 6.04 Å². The zero-order chi connectivity index (χ0) is 9.84. The normalized spacial score (nSPS) is 15.4. The van der Waals surface area contributed by atoms with Crippen LogP contribution in [0, 0.1) is 0 Å². The minimum atomic E-state index is -0.208. The van der Waals surface area contributed by atoms with Crippen molar-refractivity contribution in [3.05, 3.63) is 5.89 Å². The summed E-state index contributed by atoms with van der Waals surface area (Å²) in [6.45, 7) is 5.94. The Labute approximate surface area is 77.7 Å². The molecule has 0 radical (unpaired) electrons. The molecule has 0 amide bonds. The first-order valence-corrected chi connectivity index (χ1v) is 4.49. The number of hydrogen-bond acceptors (Lipinski definition) is 5. The highest BCUT2D eigenvalue weighted by atomic mass is 16.4. The average Bonchev–Trinajstić information content (AvgIpc) is 2.52. The molecular weight excluding hydrogens is 168 g/mol. The Morgan fingerprint density at radius 1 is 1.46 bits per heavy atom. The fraction of sp³-hybridized carbons (Fsp3) is 0.750. The lowest BCUT2D eigenvalue weighted by Gasteiger charge is -2.07. The molecule has 0 saturated heterocycles. The smallest absolute Gasteiger partial charge is 0.315 e. The molecule has 1 aromatic rings. The van der Waals surface area contributed by atoms with Crippen LogP contribution in [-0.4, -0.2) is 16.2 Å². The molecular formula is C8H16N4O. The lowest BCUT2D eigenvalue weighted by molar-refractivity contribution is 0.468. The lowest BCUT2D eigenvalue weighted by atomic mass is 10.3. The fourth-order valence-corrected chi connectivity index (χ4v) is 0.790. The third-order valence-electron chi connectivity index (χ3n) is 1.81. The first-order chi connectivity index (χ1) is 6.13. The molecule has 0 aliphatic heterocycles. The van der Waals surface area contributed by atoms with E-state index in [0.717, 1.165) is 6.42 Å². The van der Waals surface area contributed by atoms with E-state index >= 15 is 0 Å². The summed E-state index contributed by atoms with van der Waals surface area (Å²) in [5, 5.41) is 10.7. The standard InChI is InChI=1S/C8H16N4O/c1-4-5(2)10-8-12-11-7(13-8)6(3)9/h5-6H,4,9H2,1-3H3,(H,10,12). The van der Waals surface area contributed by atoms with Crippen molar-refractivity contribution in [3.8, 4) is 0 Å². The third kappa shape index (κ3) is 2.69. The van der Waals surface area contributed by atoms with Crippen molar-refractivity contribution in [2.75, 3.05) is 5.32 Å². The number of nitrogens with zero attached hydrogens (tertiary/aromatic N) is 2. The van der Waals surface area contributed by atoms with E-state index in [1.807, 2.05) is 0 Å². The van der Waals surface area contributed by atoms with Crippen LogP contribution in [0.25, 0.3) is 0 Å². The molecule has 2 unspecified atom stereocenters. The van der Waals surface area contributed by atoms with Crippen LogP contribution in [0.5, 0.6) is 0 Å². The summed E-state index contributed by atoms with van der Waals surface area (Å²) in [6, 6.07) is 0.572. The van der Waals surface area contributed by atoms with E-state index in [-0.39, 0.29) is 6.04 Å². The Kier molecular flexibility index (Phi) is 3.25. The summed E-state index contributed by atoms with van der Waals surface area (Å²) in [5.74, 6) is 0.464. The second kappa shape index (κ2) is 4.23. The molecule has 0 bridgehead atoms. The number of rotatable bonds is 4. The summed E-state index contributed by atoms with van der Waals surface area (Å²) in [5.41, 5.74) is 5.57. The molecule has 0 saturated carbocycles. The van der Waals surface area contributed by atoms with Gasteiger partial charge in [-0.2, -0.15) is 0 Å². The van der Waals surface area contributed by atoms with Gasteiger partial charge >= 0.3 is 6.01 Å². The molecule has 0 aromatic carbocycles. The summed E-state index contributed by atoms with van der Waals surface area (Å²) in [6.07, 6.45) is 1.01. The summed E-state index contributed by atoms with van der Waals surface area (Å²) >= 11 is 0. The van der Waals surface area contributed by atoms with Crippen LogP contribution in [0.2, 0.25) is 0 Å². The second-order valence-electron chi connectivity index (χ2n) is 3.19. The predicted molar refractivity (Wildman–Crippen MR) is 50.3 cm³/mol. The molecule has 5 nitrogen and oxygen atoms in total. The number of hydrogen-bond donors (Lipinski definition) is 2. The van der Waals surface area contributed by atoms with E-state index in [1.165, 1.54) is 0 Å². The van der Waals surface area contributed by atoms with Gasteiger partial charge in [-0.25, -0.2) is 0 Å². The highest BCUT2D eigenvalue weighted by Gasteiger charge is 2.10. The quantitative estimate of drug-likeness (QED) is 0.737. The molecule has 74 valence electrons. The topological polar surface area (TPSA) is 77.0 Å². The van der Waals surface area contributed by atoms with Gasteiger partial charge in [0.15, 0.2) is 0 Å². The van der Waals surface area contributed by atoms with E-state index < -0.39 is 0 Å². The minimum absolute atomic E-state index is 0.208. The highest BCUT2D eigenvalue weighted by molar-refractivity contribution is 5.18. The molecule has 0 aliphatic carbocycles. The van der Waals surface area contributed by atoms with Gasteiger partial charge in [0.2, 0.25) is 5.89 Å². The Morgan fingerprint density at radius 2 is 2.15 bits per heavy atom. The minimum Gasteiger partial charge on any atom is -0.406 e. The van der Waals surface area contributed by atoms with Crippen LogP contribution in [0.3, 0.4) is 0 Å². The van der Waals surface area contributed by atoms with Crippen LogP contribution < -0.4 is 11.1 Å². The molecule has 0 fully saturated rings. The van der Waals surface area contributed by atoms with Crippen molar-refractivity contribution < 1.29 is 4.42 Å². The lowest BCUT2D eigenvalue weighted by Crippen LogP contribution is -2.13. The van der Waals surface area contributed by atoms with Crippen LogP contribution in [0.4, 0.5) is 6.01 Å². The maximum Gasteiger partial charge on any atom is 0.315 e. The molecule has 2 atom stereocenters. The van der Waals surface area contributed by atoms with Gasteiger partial charge in [-0.1, -0.05) is 12.0 Å². The van der Waals surface area contributed by atoms with Crippen LogP contribution in [0.1, 0.15) is 39.1 Å². The van der Waals surface area contributed by atoms with E-state index in [0.29, 0.717) is 17.9 Å². The van der Waals surface area contributed by atoms with E-state index in [1.54, 1.807) is 6.92 Å². The van der Waals surface area contributed by atoms with Crippen molar-refractivity contribution in [3.63, 3.8) is 0 Å². The Morgan fingerprint density at radius 3 is 2.62 bits per heavy atom. The predicted octanol–water partition coefficient (Wildman–Crippen LogP) is 1.30. The first-order valence-electron chi connectivity index (χ1n) is 4.49. The summed E-state index contributed by atoms with van der Waals surface area (Å²) < 4.78 is 5.26. The molecule has 1 rings (SSSR count). The molecule has 3 N–H and O–H groups in total. The van der Waals surface area contributed by atoms with Crippen molar-refractivity contribution in [2.45, 2.75) is 39.3 Å². The van der Waals surface area contributed by atoms with Crippen LogP contribution in [0.15, 0.2) is 4.42 Å². The van der Waals surface area contributed by atoms with E-state index in [2.05, 4.69) is 29.4 Å². The first kappa shape index (κ1) is 9.98. The zero-order valence-electron chi connectivity index (χ0n) is 8.24. The van der Waals surface area contributed by atoms with Crippen molar-refractivity contribution in [2.24, 2.45) is 5.73 Å². The number of aromatic nitrogens is 2. The molecule has 0 spiro atoms. The Bertz CT molecular complexity index is 258. The maximum atomic E-state index is 5.57. The van der Waals surface area contributed by atoms with Gasteiger partial charge in [0.05, 0.1) is 6.04 Å². The molecule has 1 aromatic heterocycles. The van der Waals surface area contributed by atoms with Gasteiger partial charge in [0.25, 0.3) is 0 Å². The van der Waals surface area contributed by atoms with E-state index in [4.69, 9.17) is 10.2 Å². The highest BCUT2D eigenvalue weighted by Crippen LogP contribution is 2.12. The zero-order valence-corrected chi connectivity index (χ0v) is 8.24. The fourth-order valence-electron chi connectivity index (χ4n) is 0.790. The van der Waals surface area contributed by atoms with Crippen molar-refractivity contribution >= 4 is 6.01 Å². The van der Waals surface area contributed by atoms with Gasteiger partial charge in [-0.15, -0.1) is 5.10 Å². The van der Waals surface area contributed by atoms with Gasteiger partial charge < -0.3 is 15.5 Å². The number of anilines is 1. The van der Waals surface area contributed by atoms with Gasteiger partial charge in [0.1, 0.15) is 0 Å². The largest absolute Gasteiger partial charge is 0.406 e. The van der Waals surface area contributed by atoms with E-state index in [9.17, 15) is 0 Å². The van der Waals surface area contributed by atoms with Crippen LogP contribution in [-0.2, 0) is 0 Å². The molecule has 5 heteroatoms. The number of nitrogens with one attached hydrogen (secondary N) is 1. The second-order valence-corrected chi connectivity index (χ2v) is 3.19. The Balaban J connectivity index is 2.58. The average molecular weight is 184 g/mol. The Hall–Kier alpha value is -1.10. The molecule has 0 aliphatic rings. The van der Waals surface area contributed by atoms with Crippen molar-refractivity contribution in [1.29, 1.82) is 0 Å². The molecule has 13 heavy (non-hydrogen) atoms.